The van der Waals surface area contributed by atoms with E-state index in [1.165, 1.54) is 0 Å². The molecule has 0 aliphatic carbocycles. The third-order valence-corrected chi connectivity index (χ3v) is 6.06. The summed E-state index contributed by atoms with van der Waals surface area (Å²) in [7, 11) is 0. The van der Waals surface area contributed by atoms with Gasteiger partial charge in [0.15, 0.2) is 0 Å². The second-order valence-corrected chi connectivity index (χ2v) is 13.5. The van der Waals surface area contributed by atoms with Crippen molar-refractivity contribution in [2.45, 2.75) is 149 Å². The Kier molecular flexibility index (Phi) is 12.0. The standard InChI is InChI=1S/C27H56O6/c1-22(2,28)13-16-31-25(7,8)19-21(27(11,12)33-18-15-24(5,6)30)20-26(9,10)32-17-14-23(3,4)29/h21,28-30H,13-20H2,1-12H3. The lowest BCUT2D eigenvalue weighted by atomic mass is 9.76. The normalized spacial score (nSPS) is 14.9. The summed E-state index contributed by atoms with van der Waals surface area (Å²) in [5.41, 5.74) is -3.56. The Morgan fingerprint density at radius 1 is 0.485 bits per heavy atom. The summed E-state index contributed by atoms with van der Waals surface area (Å²) in [6, 6.07) is 0. The number of hydrogen-bond acceptors (Lipinski definition) is 6. The van der Waals surface area contributed by atoms with E-state index in [4.69, 9.17) is 14.2 Å². The Labute approximate surface area is 204 Å². The van der Waals surface area contributed by atoms with Gasteiger partial charge in [-0.25, -0.2) is 0 Å². The first-order valence-corrected chi connectivity index (χ1v) is 12.5. The van der Waals surface area contributed by atoms with Crippen LogP contribution in [0, 0.1) is 5.92 Å². The zero-order chi connectivity index (χ0) is 26.4. The molecule has 0 heterocycles. The molecule has 0 unspecified atom stereocenters. The molecule has 33 heavy (non-hydrogen) atoms. The first-order chi connectivity index (χ1) is 14.4. The lowest BCUT2D eigenvalue weighted by Crippen LogP contribution is -2.45. The summed E-state index contributed by atoms with van der Waals surface area (Å²) in [6.07, 6.45) is 3.20. The second-order valence-electron chi connectivity index (χ2n) is 13.5. The molecule has 6 heteroatoms. The molecular weight excluding hydrogens is 420 g/mol. The van der Waals surface area contributed by atoms with E-state index in [9.17, 15) is 15.3 Å². The molecule has 0 fully saturated rings. The van der Waals surface area contributed by atoms with Crippen molar-refractivity contribution in [2.75, 3.05) is 19.8 Å². The first kappa shape index (κ1) is 32.8. The van der Waals surface area contributed by atoms with E-state index in [-0.39, 0.29) is 5.92 Å². The number of hydrogen-bond donors (Lipinski definition) is 3. The quantitative estimate of drug-likeness (QED) is 0.266. The minimum atomic E-state index is -0.773. The van der Waals surface area contributed by atoms with Gasteiger partial charge in [0.05, 0.1) is 53.4 Å². The number of ether oxygens (including phenoxy) is 3. The Balaban J connectivity index is 5.39. The Morgan fingerprint density at radius 3 is 1.03 bits per heavy atom. The van der Waals surface area contributed by atoms with Crippen molar-refractivity contribution in [3.8, 4) is 0 Å². The van der Waals surface area contributed by atoms with Crippen LogP contribution in [-0.4, -0.2) is 68.7 Å². The molecule has 0 aromatic heterocycles. The van der Waals surface area contributed by atoms with Gasteiger partial charge in [-0.15, -0.1) is 0 Å². The molecule has 0 saturated carbocycles. The maximum absolute atomic E-state index is 10.1. The summed E-state index contributed by atoms with van der Waals surface area (Å²) in [5.74, 6) is 0.119. The van der Waals surface area contributed by atoms with Crippen LogP contribution in [0.2, 0.25) is 0 Å². The second kappa shape index (κ2) is 12.1. The van der Waals surface area contributed by atoms with Gasteiger partial charge in [0.2, 0.25) is 0 Å². The Morgan fingerprint density at radius 2 is 0.758 bits per heavy atom. The van der Waals surface area contributed by atoms with E-state index in [0.717, 1.165) is 12.8 Å². The van der Waals surface area contributed by atoms with Gasteiger partial charge in [0.25, 0.3) is 0 Å². The van der Waals surface area contributed by atoms with Crippen LogP contribution >= 0.6 is 0 Å². The minimum Gasteiger partial charge on any atom is -0.390 e. The van der Waals surface area contributed by atoms with Crippen molar-refractivity contribution < 1.29 is 29.5 Å². The smallest absolute Gasteiger partial charge is 0.0656 e. The highest BCUT2D eigenvalue weighted by atomic mass is 16.5. The van der Waals surface area contributed by atoms with Crippen molar-refractivity contribution in [3.63, 3.8) is 0 Å². The van der Waals surface area contributed by atoms with Crippen molar-refractivity contribution in [1.29, 1.82) is 0 Å². The van der Waals surface area contributed by atoms with E-state index in [0.29, 0.717) is 39.1 Å². The third-order valence-electron chi connectivity index (χ3n) is 6.06. The van der Waals surface area contributed by atoms with Gasteiger partial charge in [-0.05, 0) is 121 Å². The fourth-order valence-corrected chi connectivity index (χ4v) is 3.70. The highest BCUT2D eigenvalue weighted by Crippen LogP contribution is 2.38. The van der Waals surface area contributed by atoms with Crippen LogP contribution in [0.25, 0.3) is 0 Å². The highest BCUT2D eigenvalue weighted by molar-refractivity contribution is 4.90. The van der Waals surface area contributed by atoms with Crippen LogP contribution < -0.4 is 0 Å². The maximum Gasteiger partial charge on any atom is 0.0656 e. The molecule has 0 aliphatic heterocycles. The van der Waals surface area contributed by atoms with Gasteiger partial charge in [-0.3, -0.25) is 0 Å². The van der Waals surface area contributed by atoms with Crippen molar-refractivity contribution in [2.24, 2.45) is 5.92 Å². The fourth-order valence-electron chi connectivity index (χ4n) is 3.70. The minimum absolute atomic E-state index is 0.119. The molecule has 0 atom stereocenters. The largest absolute Gasteiger partial charge is 0.390 e. The molecule has 0 bridgehead atoms. The van der Waals surface area contributed by atoms with E-state index in [1.807, 2.05) is 0 Å². The summed E-state index contributed by atoms with van der Waals surface area (Å²) < 4.78 is 18.7. The highest BCUT2D eigenvalue weighted by Gasteiger charge is 2.39. The van der Waals surface area contributed by atoms with Gasteiger partial charge in [0, 0.05) is 0 Å². The zero-order valence-electron chi connectivity index (χ0n) is 23.8. The van der Waals surface area contributed by atoms with Gasteiger partial charge in [-0.2, -0.15) is 0 Å². The summed E-state index contributed by atoms with van der Waals surface area (Å²) in [4.78, 5) is 0. The van der Waals surface area contributed by atoms with E-state index >= 15 is 0 Å². The molecule has 0 rings (SSSR count). The van der Waals surface area contributed by atoms with Gasteiger partial charge in [0.1, 0.15) is 0 Å². The van der Waals surface area contributed by atoms with Crippen LogP contribution in [0.4, 0.5) is 0 Å². The van der Waals surface area contributed by atoms with Crippen LogP contribution in [0.1, 0.15) is 115 Å². The van der Waals surface area contributed by atoms with Crippen LogP contribution in [0.3, 0.4) is 0 Å². The van der Waals surface area contributed by atoms with E-state index < -0.39 is 33.6 Å². The molecule has 0 aromatic carbocycles. The average molecular weight is 477 g/mol. The lowest BCUT2D eigenvalue weighted by Gasteiger charge is -2.43. The predicted octanol–water partition coefficient (Wildman–Crippen LogP) is 5.25. The number of aliphatic hydroxyl groups is 3. The summed E-state index contributed by atoms with van der Waals surface area (Å²) >= 11 is 0. The Hall–Kier alpha value is -0.240. The fraction of sp³-hybridized carbons (Fsp3) is 1.00. The van der Waals surface area contributed by atoms with E-state index in [2.05, 4.69) is 41.5 Å². The summed E-state index contributed by atoms with van der Waals surface area (Å²) in [6.45, 7) is 24.7. The zero-order valence-corrected chi connectivity index (χ0v) is 23.8. The molecular formula is C27H56O6. The van der Waals surface area contributed by atoms with Crippen molar-refractivity contribution >= 4 is 0 Å². The van der Waals surface area contributed by atoms with Gasteiger partial charge >= 0.3 is 0 Å². The monoisotopic (exact) mass is 476 g/mol. The van der Waals surface area contributed by atoms with Crippen LogP contribution in [0.15, 0.2) is 0 Å². The predicted molar refractivity (Wildman–Crippen MR) is 136 cm³/mol. The van der Waals surface area contributed by atoms with E-state index in [1.54, 1.807) is 41.5 Å². The van der Waals surface area contributed by atoms with Crippen LogP contribution in [-0.2, 0) is 14.2 Å². The number of rotatable bonds is 17. The summed E-state index contributed by atoms with van der Waals surface area (Å²) in [5, 5.41) is 30.1. The third kappa shape index (κ3) is 17.8. The molecule has 3 N–H and O–H groups in total. The molecule has 0 aliphatic rings. The molecule has 200 valence electrons. The van der Waals surface area contributed by atoms with Gasteiger partial charge in [-0.1, -0.05) is 0 Å². The topological polar surface area (TPSA) is 88.4 Å². The molecule has 6 nitrogen and oxygen atoms in total. The molecule has 0 amide bonds. The molecule has 0 radical (unpaired) electrons. The average Bonchev–Trinajstić information content (AvgIpc) is 2.48. The lowest BCUT2D eigenvalue weighted by molar-refractivity contribution is -0.136. The van der Waals surface area contributed by atoms with Crippen LogP contribution in [0.5, 0.6) is 0 Å². The van der Waals surface area contributed by atoms with Crippen molar-refractivity contribution in [1.82, 2.24) is 0 Å². The van der Waals surface area contributed by atoms with Crippen molar-refractivity contribution in [3.05, 3.63) is 0 Å². The maximum atomic E-state index is 10.1. The SMILES string of the molecule is CC(C)(O)CCOC(C)(C)CC(CC(C)(C)OCCC(C)(C)O)C(C)(C)OCCC(C)(C)O. The molecule has 0 aromatic rings. The molecule has 0 spiro atoms. The van der Waals surface area contributed by atoms with Gasteiger partial charge < -0.3 is 29.5 Å². The first-order valence-electron chi connectivity index (χ1n) is 12.5. The Bertz CT molecular complexity index is 512. The molecule has 0 saturated heterocycles.